The van der Waals surface area contributed by atoms with Crippen LogP contribution in [0, 0.1) is 32.1 Å². The molecule has 7 rings (SSSR count). The Labute approximate surface area is 264 Å². The highest BCUT2D eigenvalue weighted by Gasteiger charge is 2.21. The molecule has 0 saturated carbocycles. The van der Waals surface area contributed by atoms with E-state index in [4.69, 9.17) is 4.98 Å². The summed E-state index contributed by atoms with van der Waals surface area (Å²) in [5.41, 5.74) is 15.3. The number of fused-ring (bicyclic) bond motifs is 4. The Morgan fingerprint density at radius 3 is 2.44 bits per heavy atom. The molecule has 6 aromatic rings. The molecule has 4 aromatic heterocycles. The first kappa shape index (κ1) is 30.0. The molecule has 7 heteroatoms. The maximum Gasteiger partial charge on any atom is 0.178 e. The van der Waals surface area contributed by atoms with Gasteiger partial charge in [-0.1, -0.05) is 56.3 Å². The molecular weight excluding hydrogens is 554 g/mol. The molecule has 1 aliphatic carbocycles. The van der Waals surface area contributed by atoms with E-state index in [9.17, 15) is 5.26 Å². The van der Waals surface area contributed by atoms with Crippen LogP contribution in [0.5, 0.6) is 0 Å². The summed E-state index contributed by atoms with van der Waals surface area (Å²) >= 11 is 0. The number of hydrogen-bond acceptors (Lipinski definition) is 5. The summed E-state index contributed by atoms with van der Waals surface area (Å²) < 4.78 is 2.24. The molecule has 1 N–H and O–H groups in total. The molecule has 0 atom stereocenters. The lowest BCUT2D eigenvalue weighted by Crippen LogP contribution is -2.06. The molecule has 226 valence electrons. The highest BCUT2D eigenvalue weighted by atomic mass is 15.1. The van der Waals surface area contributed by atoms with E-state index in [-0.39, 0.29) is 0 Å². The molecule has 0 aliphatic heterocycles. The van der Waals surface area contributed by atoms with E-state index in [1.165, 1.54) is 33.4 Å². The van der Waals surface area contributed by atoms with Crippen LogP contribution in [0.3, 0.4) is 0 Å². The lowest BCUT2D eigenvalue weighted by atomic mass is 9.90. The second-order valence-corrected chi connectivity index (χ2v) is 11.8. The zero-order valence-corrected chi connectivity index (χ0v) is 27.0. The van der Waals surface area contributed by atoms with Gasteiger partial charge < -0.3 is 9.55 Å². The van der Waals surface area contributed by atoms with E-state index in [0.29, 0.717) is 0 Å². The van der Waals surface area contributed by atoms with Crippen molar-refractivity contribution in [1.29, 1.82) is 5.26 Å². The number of allylic oxidation sites excluding steroid dienone is 1. The number of H-pyrrole nitrogens is 1. The summed E-state index contributed by atoms with van der Waals surface area (Å²) in [6.07, 6.45) is 5.60. The van der Waals surface area contributed by atoms with Crippen molar-refractivity contribution in [1.82, 2.24) is 29.5 Å². The number of nitrogens with zero attached hydrogens (tertiary/aromatic N) is 6. The number of nitrogens with one attached hydrogen (secondary N) is 1. The first-order valence-electron chi connectivity index (χ1n) is 15.8. The quantitative estimate of drug-likeness (QED) is 0.209. The molecule has 0 amide bonds. The maximum atomic E-state index is 9.71. The Kier molecular flexibility index (Phi) is 8.32. The van der Waals surface area contributed by atoms with Crippen LogP contribution >= 0.6 is 0 Å². The molecule has 0 spiro atoms. The van der Waals surface area contributed by atoms with Gasteiger partial charge >= 0.3 is 0 Å². The average molecular weight is 594 g/mol. The fraction of sp³-hybridized carbons (Fsp3) is 0.289. The lowest BCUT2D eigenvalue weighted by molar-refractivity contribution is 0.745. The number of aromatic nitrogens is 6. The molecule has 0 fully saturated rings. The van der Waals surface area contributed by atoms with Crippen LogP contribution in [0.2, 0.25) is 0 Å². The maximum absolute atomic E-state index is 9.71. The van der Waals surface area contributed by atoms with Gasteiger partial charge in [-0.05, 0) is 91.6 Å². The zero-order chi connectivity index (χ0) is 31.7. The largest absolute Gasteiger partial charge is 0.340 e. The molecule has 7 nitrogen and oxygen atoms in total. The van der Waals surface area contributed by atoms with Crippen molar-refractivity contribution in [3.05, 3.63) is 123 Å². The van der Waals surface area contributed by atoms with E-state index in [0.717, 1.165) is 88.6 Å². The molecule has 1 aliphatic rings. The first-order chi connectivity index (χ1) is 21.8. The van der Waals surface area contributed by atoms with Gasteiger partial charge in [-0.3, -0.25) is 0 Å². The average Bonchev–Trinajstić information content (AvgIpc) is 3.58. The van der Waals surface area contributed by atoms with Crippen LogP contribution in [0.15, 0.2) is 66.4 Å². The number of rotatable bonds is 4. The third-order valence-electron chi connectivity index (χ3n) is 8.67. The summed E-state index contributed by atoms with van der Waals surface area (Å²) in [7, 11) is 0. The van der Waals surface area contributed by atoms with Gasteiger partial charge in [-0.2, -0.15) is 5.26 Å². The highest BCUT2D eigenvalue weighted by Crippen LogP contribution is 2.36. The van der Waals surface area contributed by atoms with Crippen LogP contribution in [-0.2, 0) is 32.2 Å². The number of hydrogen-bond donors (Lipinski definition) is 1. The fourth-order valence-electron chi connectivity index (χ4n) is 6.37. The van der Waals surface area contributed by atoms with Crippen molar-refractivity contribution in [2.75, 3.05) is 0 Å². The predicted molar refractivity (Wildman–Crippen MR) is 181 cm³/mol. The van der Waals surface area contributed by atoms with Crippen molar-refractivity contribution in [3.63, 3.8) is 0 Å². The summed E-state index contributed by atoms with van der Waals surface area (Å²) in [5, 5.41) is 9.71. The summed E-state index contributed by atoms with van der Waals surface area (Å²) in [5.74, 6) is 2.07. The second-order valence-electron chi connectivity index (χ2n) is 11.8. The Balaban J connectivity index is 0.000000229. The Morgan fingerprint density at radius 1 is 0.889 bits per heavy atom. The van der Waals surface area contributed by atoms with Gasteiger partial charge in [0.1, 0.15) is 17.2 Å². The molecular formula is C38H39N7. The molecule has 0 bridgehead atoms. The number of aromatic amines is 1. The van der Waals surface area contributed by atoms with Crippen molar-refractivity contribution < 1.29 is 0 Å². The molecule has 45 heavy (non-hydrogen) atoms. The van der Waals surface area contributed by atoms with E-state index >= 15 is 0 Å². The van der Waals surface area contributed by atoms with Gasteiger partial charge in [0.05, 0.1) is 18.1 Å². The summed E-state index contributed by atoms with van der Waals surface area (Å²) in [6, 6.07) is 21.7. The zero-order valence-electron chi connectivity index (χ0n) is 27.0. The highest BCUT2D eigenvalue weighted by molar-refractivity contribution is 5.87. The normalized spacial score (nSPS) is 13.4. The number of nitriles is 1. The van der Waals surface area contributed by atoms with Gasteiger partial charge in [0.25, 0.3) is 0 Å². The molecule has 0 unspecified atom stereocenters. The molecule has 0 saturated heterocycles. The van der Waals surface area contributed by atoms with E-state index in [1.54, 1.807) is 0 Å². The van der Waals surface area contributed by atoms with Crippen molar-refractivity contribution in [2.24, 2.45) is 0 Å². The SMILES string of the molecule is CCc1nc2c(C)ccnc2n1Cc1ccc2c(c1)CCc1ccccc1/C2=C(/C)C#N.CCc1nc2nc(C)cc(C)c2[nH]1. The van der Waals surface area contributed by atoms with E-state index in [1.807, 2.05) is 26.1 Å². The van der Waals surface area contributed by atoms with Crippen LogP contribution in [0.4, 0.5) is 0 Å². The number of pyridine rings is 2. The molecule has 4 heterocycles. The molecule has 0 radical (unpaired) electrons. The number of aryl methyl sites for hydroxylation is 7. The van der Waals surface area contributed by atoms with Gasteiger partial charge in [-0.25, -0.2) is 19.9 Å². The minimum atomic E-state index is 0.743. The smallest absolute Gasteiger partial charge is 0.178 e. The van der Waals surface area contributed by atoms with Gasteiger partial charge in [-0.15, -0.1) is 0 Å². The molecule has 2 aromatic carbocycles. The first-order valence-corrected chi connectivity index (χ1v) is 15.8. The van der Waals surface area contributed by atoms with Crippen LogP contribution in [0.1, 0.15) is 77.1 Å². The standard InChI is InChI=1S/C28H26N4.C10H13N3/c1-4-25-31-27-18(2)13-14-30-28(27)32(25)17-20-9-12-24-22(15-20)11-10-21-7-5-6-8-23(21)26(24)19(3)16-29;1-4-8-12-9-6(2)5-7(3)11-10(9)13-8/h5-9,12-15H,4,10-11,17H2,1-3H3;5H,4H2,1-3H3,(H,11,12,13)/b26-19+;. The topological polar surface area (TPSA) is 96.1 Å². The second kappa shape index (κ2) is 12.5. The third kappa shape index (κ3) is 5.76. The van der Waals surface area contributed by atoms with Gasteiger partial charge in [0, 0.05) is 35.9 Å². The van der Waals surface area contributed by atoms with Crippen LogP contribution in [-0.4, -0.2) is 29.5 Å². The minimum Gasteiger partial charge on any atom is -0.340 e. The summed E-state index contributed by atoms with van der Waals surface area (Å²) in [6.45, 7) is 13.1. The van der Waals surface area contributed by atoms with E-state index < -0.39 is 0 Å². The Morgan fingerprint density at radius 2 is 1.67 bits per heavy atom. The van der Waals surface area contributed by atoms with Crippen molar-refractivity contribution in [3.8, 4) is 6.07 Å². The lowest BCUT2D eigenvalue weighted by Gasteiger charge is -2.15. The third-order valence-corrected chi connectivity index (χ3v) is 8.67. The van der Waals surface area contributed by atoms with Gasteiger partial charge in [0.2, 0.25) is 0 Å². The van der Waals surface area contributed by atoms with Crippen LogP contribution < -0.4 is 0 Å². The number of imidazole rings is 2. The van der Waals surface area contributed by atoms with Crippen LogP contribution in [0.25, 0.3) is 27.9 Å². The number of benzene rings is 2. The fourth-order valence-corrected chi connectivity index (χ4v) is 6.37. The van der Waals surface area contributed by atoms with E-state index in [2.05, 4.69) is 107 Å². The Hall–Kier alpha value is -5.09. The van der Waals surface area contributed by atoms with Gasteiger partial charge in [0.15, 0.2) is 11.3 Å². The Bertz CT molecular complexity index is 2120. The monoisotopic (exact) mass is 593 g/mol. The van der Waals surface area contributed by atoms with Crippen molar-refractivity contribution in [2.45, 2.75) is 73.8 Å². The van der Waals surface area contributed by atoms with Crippen molar-refractivity contribution >= 4 is 27.9 Å². The predicted octanol–water partition coefficient (Wildman–Crippen LogP) is 7.93. The summed E-state index contributed by atoms with van der Waals surface area (Å²) in [4.78, 5) is 21.5. The minimum absolute atomic E-state index is 0.743.